The van der Waals surface area contributed by atoms with Crippen molar-refractivity contribution in [3.8, 4) is 5.69 Å². The zero-order valence-corrected chi connectivity index (χ0v) is 11.2. The highest BCUT2D eigenvalue weighted by Crippen LogP contribution is 2.21. The van der Waals surface area contributed by atoms with Crippen molar-refractivity contribution in [1.82, 2.24) is 14.8 Å². The molecule has 0 bridgehead atoms. The van der Waals surface area contributed by atoms with Crippen LogP contribution >= 0.6 is 0 Å². The Labute approximate surface area is 122 Å². The van der Waals surface area contributed by atoms with E-state index in [4.69, 9.17) is 0 Å². The van der Waals surface area contributed by atoms with E-state index < -0.39 is 17.2 Å². The van der Waals surface area contributed by atoms with E-state index in [2.05, 4.69) is 10.1 Å². The highest BCUT2D eigenvalue weighted by molar-refractivity contribution is 6.02. The molecule has 0 aliphatic carbocycles. The van der Waals surface area contributed by atoms with E-state index in [9.17, 15) is 13.6 Å². The third kappa shape index (κ3) is 1.74. The maximum absolute atomic E-state index is 13.9. The number of hydrogen-bond donors (Lipinski definition) is 1. The summed E-state index contributed by atoms with van der Waals surface area (Å²) in [5.74, 6) is -1.31. The van der Waals surface area contributed by atoms with Crippen molar-refractivity contribution in [3.63, 3.8) is 0 Å². The van der Waals surface area contributed by atoms with Crippen LogP contribution in [-0.4, -0.2) is 14.8 Å². The molecular weight excluding hydrogens is 288 g/mol. The molecule has 4 aromatic rings. The number of pyridine rings is 1. The van der Waals surface area contributed by atoms with Gasteiger partial charge in [0.05, 0.1) is 16.4 Å². The molecule has 2 heterocycles. The summed E-state index contributed by atoms with van der Waals surface area (Å²) in [5, 5.41) is 3.91. The van der Waals surface area contributed by atoms with E-state index in [1.54, 1.807) is 0 Å². The lowest BCUT2D eigenvalue weighted by molar-refractivity contribution is 0.585. The second-order valence-corrected chi connectivity index (χ2v) is 4.91. The minimum atomic E-state index is -0.688. The molecule has 0 fully saturated rings. The number of aromatic nitrogens is 3. The molecule has 0 aliphatic rings. The van der Waals surface area contributed by atoms with Gasteiger partial charge in [0.1, 0.15) is 17.3 Å². The number of benzene rings is 2. The smallest absolute Gasteiger partial charge is 0.280 e. The Morgan fingerprint density at radius 3 is 2.73 bits per heavy atom. The summed E-state index contributed by atoms with van der Waals surface area (Å²) in [4.78, 5) is 16.7. The lowest BCUT2D eigenvalue weighted by Crippen LogP contribution is -2.15. The molecule has 1 N–H and O–H groups in total. The fraction of sp³-hybridized carbons (Fsp3) is 0. The molecule has 22 heavy (non-hydrogen) atoms. The standard InChI is InChI=1S/C16H9F2N3O/c17-9-5-6-12(18)14(7-9)21-16(22)11-8-19-13-4-2-1-3-10(13)15(11)20-21/h1-8,20H. The van der Waals surface area contributed by atoms with E-state index in [-0.39, 0.29) is 5.69 Å². The number of fused-ring (bicyclic) bond motifs is 3. The van der Waals surface area contributed by atoms with Gasteiger partial charge in [0.15, 0.2) is 0 Å². The van der Waals surface area contributed by atoms with Gasteiger partial charge in [0, 0.05) is 17.6 Å². The van der Waals surface area contributed by atoms with Crippen LogP contribution in [0.25, 0.3) is 27.5 Å². The molecule has 0 spiro atoms. The monoisotopic (exact) mass is 297 g/mol. The number of para-hydroxylation sites is 1. The second-order valence-electron chi connectivity index (χ2n) is 4.91. The van der Waals surface area contributed by atoms with Crippen LogP contribution in [0.3, 0.4) is 0 Å². The van der Waals surface area contributed by atoms with Gasteiger partial charge in [-0.05, 0) is 18.2 Å². The summed E-state index contributed by atoms with van der Waals surface area (Å²) in [7, 11) is 0. The summed E-state index contributed by atoms with van der Waals surface area (Å²) in [6.45, 7) is 0. The number of halogens is 2. The van der Waals surface area contributed by atoms with Gasteiger partial charge in [-0.25, -0.2) is 13.5 Å². The number of aromatic amines is 1. The molecule has 2 aromatic heterocycles. The van der Waals surface area contributed by atoms with Crippen LogP contribution in [0.15, 0.2) is 53.5 Å². The maximum atomic E-state index is 13.9. The maximum Gasteiger partial charge on any atom is 0.280 e. The number of nitrogens with zero attached hydrogens (tertiary/aromatic N) is 2. The summed E-state index contributed by atoms with van der Waals surface area (Å²) in [6.07, 6.45) is 1.43. The van der Waals surface area contributed by atoms with E-state index in [0.29, 0.717) is 16.4 Å². The van der Waals surface area contributed by atoms with Gasteiger partial charge in [-0.2, -0.15) is 0 Å². The van der Waals surface area contributed by atoms with Gasteiger partial charge in [0.25, 0.3) is 5.56 Å². The van der Waals surface area contributed by atoms with E-state index >= 15 is 0 Å². The van der Waals surface area contributed by atoms with Crippen LogP contribution < -0.4 is 5.56 Å². The topological polar surface area (TPSA) is 50.7 Å². The van der Waals surface area contributed by atoms with Gasteiger partial charge in [-0.1, -0.05) is 18.2 Å². The Hall–Kier alpha value is -3.02. The molecule has 0 saturated heterocycles. The summed E-state index contributed by atoms with van der Waals surface area (Å²) < 4.78 is 28.3. The third-order valence-corrected chi connectivity index (χ3v) is 3.58. The Morgan fingerprint density at radius 1 is 1.05 bits per heavy atom. The van der Waals surface area contributed by atoms with Crippen LogP contribution in [0.4, 0.5) is 8.78 Å². The van der Waals surface area contributed by atoms with E-state index in [1.165, 1.54) is 6.20 Å². The van der Waals surface area contributed by atoms with E-state index in [1.807, 2.05) is 24.3 Å². The zero-order chi connectivity index (χ0) is 15.3. The first-order chi connectivity index (χ1) is 10.6. The molecule has 0 atom stereocenters. The van der Waals surface area contributed by atoms with Crippen molar-refractivity contribution in [2.24, 2.45) is 0 Å². The van der Waals surface area contributed by atoms with Crippen molar-refractivity contribution in [3.05, 3.63) is 70.6 Å². The average molecular weight is 297 g/mol. The highest BCUT2D eigenvalue weighted by Gasteiger charge is 2.14. The first-order valence-corrected chi connectivity index (χ1v) is 6.59. The Kier molecular flexibility index (Phi) is 2.59. The first kappa shape index (κ1) is 12.7. The molecule has 0 amide bonds. The Balaban J connectivity index is 2.12. The predicted octanol–water partition coefficient (Wildman–Crippen LogP) is 3.15. The molecule has 0 aliphatic heterocycles. The van der Waals surface area contributed by atoms with Gasteiger partial charge in [-0.15, -0.1) is 0 Å². The molecule has 4 rings (SSSR count). The summed E-state index contributed by atoms with van der Waals surface area (Å²) in [5.41, 5.74) is 0.616. The van der Waals surface area contributed by atoms with Gasteiger partial charge in [-0.3, -0.25) is 14.9 Å². The van der Waals surface area contributed by atoms with Gasteiger partial charge in [0.2, 0.25) is 0 Å². The Morgan fingerprint density at radius 2 is 1.86 bits per heavy atom. The van der Waals surface area contributed by atoms with Crippen LogP contribution in [0.1, 0.15) is 0 Å². The fourth-order valence-electron chi connectivity index (χ4n) is 2.53. The molecule has 0 radical (unpaired) electrons. The number of nitrogens with one attached hydrogen (secondary N) is 1. The zero-order valence-electron chi connectivity index (χ0n) is 11.2. The molecule has 108 valence electrons. The lowest BCUT2D eigenvalue weighted by atomic mass is 10.2. The van der Waals surface area contributed by atoms with Crippen molar-refractivity contribution in [1.29, 1.82) is 0 Å². The number of H-pyrrole nitrogens is 1. The average Bonchev–Trinajstić information content (AvgIpc) is 2.87. The molecule has 6 heteroatoms. The van der Waals surface area contributed by atoms with Gasteiger partial charge >= 0.3 is 0 Å². The molecule has 0 saturated carbocycles. The normalized spacial score (nSPS) is 11.4. The quantitative estimate of drug-likeness (QED) is 0.587. The van der Waals surface area contributed by atoms with Crippen LogP contribution in [0.5, 0.6) is 0 Å². The van der Waals surface area contributed by atoms with Crippen molar-refractivity contribution >= 4 is 21.8 Å². The molecule has 4 nitrogen and oxygen atoms in total. The summed E-state index contributed by atoms with van der Waals surface area (Å²) >= 11 is 0. The number of rotatable bonds is 1. The largest absolute Gasteiger partial charge is 0.289 e. The molecular formula is C16H9F2N3O. The highest BCUT2D eigenvalue weighted by atomic mass is 19.1. The Bertz CT molecular complexity index is 1080. The second kappa shape index (κ2) is 4.49. The van der Waals surface area contributed by atoms with Crippen LogP contribution in [-0.2, 0) is 0 Å². The molecule has 2 aromatic carbocycles. The lowest BCUT2D eigenvalue weighted by Gasteiger charge is -2.03. The van der Waals surface area contributed by atoms with Crippen molar-refractivity contribution < 1.29 is 8.78 Å². The summed E-state index contributed by atoms with van der Waals surface area (Å²) in [6, 6.07) is 10.2. The van der Waals surface area contributed by atoms with Crippen LogP contribution in [0, 0.1) is 11.6 Å². The third-order valence-electron chi connectivity index (χ3n) is 3.58. The number of hydrogen-bond acceptors (Lipinski definition) is 2. The fourth-order valence-corrected chi connectivity index (χ4v) is 2.53. The van der Waals surface area contributed by atoms with Gasteiger partial charge < -0.3 is 0 Å². The van der Waals surface area contributed by atoms with E-state index in [0.717, 1.165) is 28.3 Å². The van der Waals surface area contributed by atoms with Crippen molar-refractivity contribution in [2.45, 2.75) is 0 Å². The minimum Gasteiger partial charge on any atom is -0.289 e. The minimum absolute atomic E-state index is 0.162. The van der Waals surface area contributed by atoms with Crippen LogP contribution in [0.2, 0.25) is 0 Å². The predicted molar refractivity (Wildman–Crippen MR) is 79.1 cm³/mol. The first-order valence-electron chi connectivity index (χ1n) is 6.59. The van der Waals surface area contributed by atoms with Crippen molar-refractivity contribution in [2.75, 3.05) is 0 Å². The SMILES string of the molecule is O=c1c2cnc3ccccc3c2[nH]n1-c1cc(F)ccc1F. The molecule has 0 unspecified atom stereocenters.